The van der Waals surface area contributed by atoms with Gasteiger partial charge in [-0.1, -0.05) is 40.2 Å². The zero-order valence-electron chi connectivity index (χ0n) is 13.7. The van der Waals surface area contributed by atoms with Crippen molar-refractivity contribution in [3.8, 4) is 0 Å². The fraction of sp³-hybridized carbons (Fsp3) is 0.812. The van der Waals surface area contributed by atoms with Gasteiger partial charge in [0.25, 0.3) is 0 Å². The van der Waals surface area contributed by atoms with Crippen molar-refractivity contribution in [1.29, 1.82) is 0 Å². The van der Waals surface area contributed by atoms with Crippen LogP contribution in [0.25, 0.3) is 0 Å². The molecule has 20 heavy (non-hydrogen) atoms. The molecule has 0 amide bonds. The largest absolute Gasteiger partial charge is 0.459 e. The molecule has 0 aromatic rings. The van der Waals surface area contributed by atoms with Gasteiger partial charge in [0.05, 0.1) is 0 Å². The highest BCUT2D eigenvalue weighted by Crippen LogP contribution is 2.26. The molecule has 0 radical (unpaired) electrons. The molecule has 1 unspecified atom stereocenters. The van der Waals surface area contributed by atoms with Crippen molar-refractivity contribution in [3.63, 3.8) is 0 Å². The van der Waals surface area contributed by atoms with E-state index in [4.69, 9.17) is 9.16 Å². The summed E-state index contributed by atoms with van der Waals surface area (Å²) in [6.07, 6.45) is 6.64. The molecule has 0 saturated heterocycles. The molecule has 0 fully saturated rings. The first-order chi connectivity index (χ1) is 9.57. The fourth-order valence-electron chi connectivity index (χ4n) is 2.51. The summed E-state index contributed by atoms with van der Waals surface area (Å²) in [6.45, 7) is 10.1. The van der Waals surface area contributed by atoms with E-state index in [0.29, 0.717) is 0 Å². The van der Waals surface area contributed by atoms with Gasteiger partial charge in [-0.05, 0) is 37.4 Å². The monoisotopic (exact) mass is 300 g/mol. The van der Waals surface area contributed by atoms with Crippen LogP contribution in [0, 0.1) is 0 Å². The van der Waals surface area contributed by atoms with Crippen LogP contribution in [0.4, 0.5) is 0 Å². The van der Waals surface area contributed by atoms with Gasteiger partial charge in [-0.25, -0.2) is 4.79 Å². The van der Waals surface area contributed by atoms with Gasteiger partial charge in [0.2, 0.25) is 0 Å². The van der Waals surface area contributed by atoms with E-state index in [1.54, 1.807) is 0 Å². The van der Waals surface area contributed by atoms with Gasteiger partial charge < -0.3 is 9.16 Å². The molecule has 0 spiro atoms. The number of hydrogen-bond donors (Lipinski definition) is 0. The van der Waals surface area contributed by atoms with E-state index in [1.807, 2.05) is 7.11 Å². The average molecular weight is 301 g/mol. The van der Waals surface area contributed by atoms with Crippen LogP contribution in [-0.4, -0.2) is 27.5 Å². The minimum Gasteiger partial charge on any atom is -0.459 e. The lowest BCUT2D eigenvalue weighted by atomic mass is 10.1. The molecule has 0 aliphatic rings. The Morgan fingerprint density at radius 2 is 1.85 bits per heavy atom. The third kappa shape index (κ3) is 7.24. The van der Waals surface area contributed by atoms with Crippen molar-refractivity contribution >= 4 is 14.3 Å². The van der Waals surface area contributed by atoms with Crippen LogP contribution in [0.5, 0.6) is 0 Å². The summed E-state index contributed by atoms with van der Waals surface area (Å²) in [6, 6.07) is 3.31. The fourth-order valence-corrected chi connectivity index (χ4v) is 5.35. The van der Waals surface area contributed by atoms with Gasteiger partial charge in [0.15, 0.2) is 8.32 Å². The van der Waals surface area contributed by atoms with Crippen LogP contribution in [0.15, 0.2) is 12.7 Å². The predicted molar refractivity (Wildman–Crippen MR) is 87.4 cm³/mol. The number of carbonyl (C=O) groups excluding carboxylic acids is 1. The van der Waals surface area contributed by atoms with Crippen molar-refractivity contribution in [3.05, 3.63) is 12.7 Å². The predicted octanol–water partition coefficient (Wildman–Crippen LogP) is 4.69. The Bertz CT molecular complexity index is 267. The lowest BCUT2D eigenvalue weighted by Gasteiger charge is -2.29. The number of unbranched alkanes of at least 4 members (excludes halogenated alkanes) is 2. The van der Waals surface area contributed by atoms with E-state index in [1.165, 1.54) is 18.9 Å². The highest BCUT2D eigenvalue weighted by Gasteiger charge is 2.30. The second-order valence-corrected chi connectivity index (χ2v) is 10.1. The Morgan fingerprint density at radius 3 is 2.30 bits per heavy atom. The first kappa shape index (κ1) is 19.4. The van der Waals surface area contributed by atoms with Crippen LogP contribution in [0.2, 0.25) is 18.1 Å². The summed E-state index contributed by atoms with van der Waals surface area (Å²) in [5.41, 5.74) is 0. The first-order valence-corrected chi connectivity index (χ1v) is 10.5. The van der Waals surface area contributed by atoms with Crippen LogP contribution in [0.3, 0.4) is 0 Å². The Labute approximate surface area is 125 Å². The molecule has 0 aromatic carbocycles. The number of hydrogen-bond acceptors (Lipinski definition) is 3. The smallest absolute Gasteiger partial charge is 0.330 e. The van der Waals surface area contributed by atoms with Crippen LogP contribution >= 0.6 is 0 Å². The Hall–Kier alpha value is -0.613. The summed E-state index contributed by atoms with van der Waals surface area (Å²) >= 11 is 0. The van der Waals surface area contributed by atoms with Gasteiger partial charge in [-0.2, -0.15) is 0 Å². The van der Waals surface area contributed by atoms with E-state index in [-0.39, 0.29) is 12.1 Å². The van der Waals surface area contributed by atoms with Crippen molar-refractivity contribution in [2.45, 2.75) is 77.1 Å². The zero-order chi connectivity index (χ0) is 15.4. The maximum Gasteiger partial charge on any atom is 0.330 e. The topological polar surface area (TPSA) is 35.5 Å². The van der Waals surface area contributed by atoms with Crippen LogP contribution < -0.4 is 0 Å². The number of rotatable bonds is 12. The molecule has 0 rings (SSSR count). The molecule has 0 aliphatic carbocycles. The number of ether oxygens (including phenoxy) is 1. The SMILES string of the molecule is C=CC(=O)OC(CCCCC)CC[Si](CC)(CC)OC. The summed E-state index contributed by atoms with van der Waals surface area (Å²) in [5, 5.41) is 0. The highest BCUT2D eigenvalue weighted by molar-refractivity contribution is 6.73. The molecule has 1 atom stereocenters. The van der Waals surface area contributed by atoms with Gasteiger partial charge in [0, 0.05) is 13.2 Å². The lowest BCUT2D eigenvalue weighted by molar-refractivity contribution is -0.143. The summed E-state index contributed by atoms with van der Waals surface area (Å²) in [7, 11) is 0.228. The maximum absolute atomic E-state index is 11.4. The minimum atomic E-state index is -1.61. The second-order valence-electron chi connectivity index (χ2n) is 5.39. The third-order valence-electron chi connectivity index (χ3n) is 4.22. The quantitative estimate of drug-likeness (QED) is 0.227. The summed E-state index contributed by atoms with van der Waals surface area (Å²) in [4.78, 5) is 11.4. The zero-order valence-corrected chi connectivity index (χ0v) is 14.7. The molecular formula is C16H32O3Si. The van der Waals surface area contributed by atoms with Gasteiger partial charge >= 0.3 is 5.97 Å². The Morgan fingerprint density at radius 1 is 1.20 bits per heavy atom. The van der Waals surface area contributed by atoms with E-state index >= 15 is 0 Å². The van der Waals surface area contributed by atoms with Crippen molar-refractivity contribution in [2.24, 2.45) is 0 Å². The van der Waals surface area contributed by atoms with Crippen molar-refractivity contribution < 1.29 is 14.0 Å². The summed E-state index contributed by atoms with van der Waals surface area (Å²) < 4.78 is 11.3. The lowest BCUT2D eigenvalue weighted by Crippen LogP contribution is -2.36. The minimum absolute atomic E-state index is 0.0205. The highest BCUT2D eigenvalue weighted by atomic mass is 28.4. The molecule has 0 aromatic heterocycles. The van der Waals surface area contributed by atoms with Crippen molar-refractivity contribution in [2.75, 3.05) is 7.11 Å². The molecule has 0 aliphatic heterocycles. The molecule has 118 valence electrons. The van der Waals surface area contributed by atoms with E-state index in [9.17, 15) is 4.79 Å². The molecule has 3 nitrogen and oxygen atoms in total. The van der Waals surface area contributed by atoms with Crippen molar-refractivity contribution in [1.82, 2.24) is 0 Å². The first-order valence-electron chi connectivity index (χ1n) is 7.95. The van der Waals surface area contributed by atoms with Gasteiger partial charge in [-0.3, -0.25) is 0 Å². The van der Waals surface area contributed by atoms with E-state index < -0.39 is 8.32 Å². The molecule has 4 heteroatoms. The van der Waals surface area contributed by atoms with E-state index in [0.717, 1.165) is 37.4 Å². The van der Waals surface area contributed by atoms with Crippen LogP contribution in [0.1, 0.15) is 52.9 Å². The van der Waals surface area contributed by atoms with Crippen LogP contribution in [-0.2, 0) is 14.0 Å². The van der Waals surface area contributed by atoms with Gasteiger partial charge in [-0.15, -0.1) is 0 Å². The molecule has 0 saturated carbocycles. The molecule has 0 bridgehead atoms. The molecular weight excluding hydrogens is 268 g/mol. The average Bonchev–Trinajstić information content (AvgIpc) is 2.48. The molecule has 0 heterocycles. The Balaban J connectivity index is 4.45. The number of carbonyl (C=O) groups is 1. The maximum atomic E-state index is 11.4. The third-order valence-corrected chi connectivity index (χ3v) is 8.87. The summed E-state index contributed by atoms with van der Waals surface area (Å²) in [5.74, 6) is -0.302. The normalized spacial score (nSPS) is 13.0. The van der Waals surface area contributed by atoms with Gasteiger partial charge in [0.1, 0.15) is 6.10 Å². The molecule has 0 N–H and O–H groups in total. The number of esters is 1. The second kappa shape index (κ2) is 11.1. The Kier molecular flexibility index (Phi) is 10.8. The van der Waals surface area contributed by atoms with E-state index in [2.05, 4.69) is 27.4 Å². The standard InChI is InChI=1S/C16H32O3Si/c1-6-10-11-12-15(19-16(17)7-2)13-14-20(8-3,9-4)18-5/h7,15H,2,6,8-14H2,1,3-5H3.